The minimum atomic E-state index is -1.73. The van der Waals surface area contributed by atoms with Gasteiger partial charge in [0.2, 0.25) is 5.69 Å². The highest BCUT2D eigenvalue weighted by atomic mass is 28.3. The predicted molar refractivity (Wildman–Crippen MR) is 142 cm³/mol. The zero-order valence-electron chi connectivity index (χ0n) is 20.8. The average molecular weight is 453 g/mol. The lowest BCUT2D eigenvalue weighted by Crippen LogP contribution is -2.41. The van der Waals surface area contributed by atoms with Crippen LogP contribution in [0.5, 0.6) is 11.5 Å². The van der Waals surface area contributed by atoms with Gasteiger partial charge in [-0.3, -0.25) is 0 Å². The summed E-state index contributed by atoms with van der Waals surface area (Å²) in [5, 5.41) is 6.83. The monoisotopic (exact) mass is 452 g/mol. The van der Waals surface area contributed by atoms with Gasteiger partial charge in [-0.05, 0) is 76.7 Å². The molecule has 0 spiro atoms. The van der Waals surface area contributed by atoms with Crippen molar-refractivity contribution < 1.29 is 9.30 Å². The summed E-state index contributed by atoms with van der Waals surface area (Å²) in [6.45, 7) is 11.9. The lowest BCUT2D eigenvalue weighted by Gasteiger charge is -2.30. The van der Waals surface area contributed by atoms with Crippen LogP contribution in [-0.2, 0) is 7.05 Å². The highest BCUT2D eigenvalue weighted by Crippen LogP contribution is 2.50. The highest BCUT2D eigenvalue weighted by molar-refractivity contribution is 6.91. The van der Waals surface area contributed by atoms with E-state index < -0.39 is 8.07 Å². The summed E-state index contributed by atoms with van der Waals surface area (Å²) in [6, 6.07) is 13.9. The predicted octanol–water partition coefficient (Wildman–Crippen LogP) is 7.41. The van der Waals surface area contributed by atoms with Gasteiger partial charge in [-0.1, -0.05) is 56.7 Å². The summed E-state index contributed by atoms with van der Waals surface area (Å²) in [6.07, 6.45) is 7.54. The van der Waals surface area contributed by atoms with Gasteiger partial charge in [0.25, 0.3) is 0 Å². The molecular formula is C30H34NOSi+. The third kappa shape index (κ3) is 3.01. The Morgan fingerprint density at radius 3 is 2.45 bits per heavy atom. The summed E-state index contributed by atoms with van der Waals surface area (Å²) < 4.78 is 9.34. The molecule has 0 bridgehead atoms. The molecule has 0 N–H and O–H groups in total. The van der Waals surface area contributed by atoms with Crippen LogP contribution in [0.4, 0.5) is 0 Å². The SMILES string of the molecule is Cc1c2c(c([Si](C)(C)C)c3c(C)cccc13)Oc1cc(C3CCCC3)cc3cc[n+](C)c-2c13. The normalized spacial score (nSPS) is 15.8. The van der Waals surface area contributed by atoms with Gasteiger partial charge in [-0.2, -0.15) is 0 Å². The van der Waals surface area contributed by atoms with Crippen LogP contribution in [0, 0.1) is 13.8 Å². The van der Waals surface area contributed by atoms with E-state index in [0.717, 1.165) is 11.5 Å². The van der Waals surface area contributed by atoms with Crippen LogP contribution >= 0.6 is 0 Å². The van der Waals surface area contributed by atoms with Crippen molar-refractivity contribution in [3.8, 4) is 22.8 Å². The molecular weight excluding hydrogens is 418 g/mol. The first kappa shape index (κ1) is 20.9. The molecule has 0 unspecified atom stereocenters. The van der Waals surface area contributed by atoms with Gasteiger partial charge >= 0.3 is 0 Å². The van der Waals surface area contributed by atoms with E-state index in [1.165, 1.54) is 80.4 Å². The van der Waals surface area contributed by atoms with Gasteiger partial charge < -0.3 is 4.74 Å². The Kier molecular flexibility index (Phi) is 4.55. The minimum Gasteiger partial charge on any atom is -0.456 e. The van der Waals surface area contributed by atoms with Crippen molar-refractivity contribution in [2.24, 2.45) is 7.05 Å². The first-order valence-electron chi connectivity index (χ1n) is 12.5. The molecule has 3 aromatic carbocycles. The number of benzene rings is 3. The van der Waals surface area contributed by atoms with E-state index >= 15 is 0 Å². The largest absolute Gasteiger partial charge is 0.456 e. The maximum absolute atomic E-state index is 7.03. The second-order valence-corrected chi connectivity index (χ2v) is 16.3. The zero-order chi connectivity index (χ0) is 23.1. The molecule has 1 aromatic heterocycles. The van der Waals surface area contributed by atoms with Crippen molar-refractivity contribution >= 4 is 34.8 Å². The number of fused-ring (bicyclic) bond motifs is 3. The molecule has 0 saturated heterocycles. The number of ether oxygens (including phenoxy) is 1. The second kappa shape index (κ2) is 7.17. The quantitative estimate of drug-likeness (QED) is 0.201. The Hall–Kier alpha value is -2.65. The lowest BCUT2D eigenvalue weighted by atomic mass is 9.88. The van der Waals surface area contributed by atoms with E-state index in [0.29, 0.717) is 5.92 Å². The average Bonchev–Trinajstić information content (AvgIpc) is 3.30. The molecule has 168 valence electrons. The first-order valence-corrected chi connectivity index (χ1v) is 16.0. The fourth-order valence-electron chi connectivity index (χ4n) is 6.43. The van der Waals surface area contributed by atoms with E-state index in [1.807, 2.05) is 0 Å². The van der Waals surface area contributed by atoms with Crippen molar-refractivity contribution in [3.63, 3.8) is 0 Å². The smallest absolute Gasteiger partial charge is 0.228 e. The van der Waals surface area contributed by atoms with Gasteiger partial charge in [-0.25, -0.2) is 4.57 Å². The number of hydrogen-bond acceptors (Lipinski definition) is 1. The second-order valence-electron chi connectivity index (χ2n) is 11.3. The van der Waals surface area contributed by atoms with Crippen LogP contribution in [0.3, 0.4) is 0 Å². The Labute approximate surface area is 198 Å². The molecule has 0 radical (unpaired) electrons. The number of hydrogen-bond donors (Lipinski definition) is 0. The number of pyridine rings is 1. The molecule has 2 nitrogen and oxygen atoms in total. The third-order valence-corrected chi connectivity index (χ3v) is 9.98. The molecule has 3 heteroatoms. The van der Waals surface area contributed by atoms with Crippen molar-refractivity contribution in [3.05, 3.63) is 59.3 Å². The maximum Gasteiger partial charge on any atom is 0.228 e. The van der Waals surface area contributed by atoms with E-state index in [1.54, 1.807) is 0 Å². The molecule has 2 aliphatic rings. The summed E-state index contributed by atoms with van der Waals surface area (Å²) >= 11 is 0. The first-order chi connectivity index (χ1) is 15.8. The molecule has 1 saturated carbocycles. The Morgan fingerprint density at radius 1 is 0.970 bits per heavy atom. The molecule has 4 aromatic rings. The molecule has 0 atom stereocenters. The molecule has 0 amide bonds. The maximum atomic E-state index is 7.03. The van der Waals surface area contributed by atoms with E-state index in [9.17, 15) is 0 Å². The van der Waals surface area contributed by atoms with Crippen molar-refractivity contribution in [1.29, 1.82) is 0 Å². The van der Waals surface area contributed by atoms with E-state index in [4.69, 9.17) is 4.74 Å². The van der Waals surface area contributed by atoms with Gasteiger partial charge in [0.15, 0.2) is 6.20 Å². The molecule has 6 rings (SSSR count). The van der Waals surface area contributed by atoms with Gasteiger partial charge in [-0.15, -0.1) is 0 Å². The zero-order valence-corrected chi connectivity index (χ0v) is 21.8. The van der Waals surface area contributed by atoms with Crippen LogP contribution in [0.15, 0.2) is 42.6 Å². The standard InChI is InChI=1S/C30H34NOSi/c1-18-10-9-13-23-19(2)26-28-27-21(14-15-31(28)3)16-22(20-11-7-8-12-20)17-24(27)32-29(26)30(25(18)23)33(4,5)6/h9-10,13-17,20H,7-8,11-12H2,1-6H3/q+1. The van der Waals surface area contributed by atoms with Crippen molar-refractivity contribution in [2.75, 3.05) is 0 Å². The Bertz CT molecular complexity index is 1450. The summed E-state index contributed by atoms with van der Waals surface area (Å²) in [5.41, 5.74) is 6.75. The third-order valence-electron chi connectivity index (χ3n) is 8.00. The Balaban J connectivity index is 1.77. The summed E-state index contributed by atoms with van der Waals surface area (Å²) in [5.74, 6) is 2.85. The van der Waals surface area contributed by atoms with Gasteiger partial charge in [0, 0.05) is 6.07 Å². The van der Waals surface area contributed by atoms with Crippen molar-refractivity contribution in [2.45, 2.75) is 65.1 Å². The van der Waals surface area contributed by atoms with Crippen LogP contribution in [0.25, 0.3) is 32.8 Å². The molecule has 2 heterocycles. The fraction of sp³-hybridized carbons (Fsp3) is 0.367. The van der Waals surface area contributed by atoms with E-state index in [2.05, 4.69) is 87.7 Å². The molecule has 1 aliphatic heterocycles. The number of rotatable bonds is 2. The highest BCUT2D eigenvalue weighted by Gasteiger charge is 2.37. The van der Waals surface area contributed by atoms with Crippen molar-refractivity contribution in [1.82, 2.24) is 0 Å². The van der Waals surface area contributed by atoms with E-state index in [-0.39, 0.29) is 0 Å². The number of aryl methyl sites for hydroxylation is 3. The lowest BCUT2D eigenvalue weighted by molar-refractivity contribution is -0.659. The van der Waals surface area contributed by atoms with Crippen LogP contribution in [0.2, 0.25) is 19.6 Å². The topological polar surface area (TPSA) is 13.1 Å². The summed E-state index contributed by atoms with van der Waals surface area (Å²) in [7, 11) is 0.460. The Morgan fingerprint density at radius 2 is 1.73 bits per heavy atom. The number of nitrogens with zero attached hydrogens (tertiary/aromatic N) is 1. The van der Waals surface area contributed by atoms with Gasteiger partial charge in [0.05, 0.1) is 19.0 Å². The van der Waals surface area contributed by atoms with Gasteiger partial charge in [0.1, 0.15) is 18.5 Å². The summed E-state index contributed by atoms with van der Waals surface area (Å²) in [4.78, 5) is 0. The van der Waals surface area contributed by atoms with Crippen LogP contribution in [-0.4, -0.2) is 8.07 Å². The molecule has 1 fully saturated rings. The van der Waals surface area contributed by atoms with Crippen LogP contribution < -0.4 is 14.5 Å². The minimum absolute atomic E-state index is 0.671. The fourth-order valence-corrected chi connectivity index (χ4v) is 8.37. The number of aromatic nitrogens is 1. The molecule has 1 aliphatic carbocycles. The van der Waals surface area contributed by atoms with Crippen LogP contribution in [0.1, 0.15) is 48.3 Å². The molecule has 33 heavy (non-hydrogen) atoms.